The quantitative estimate of drug-likeness (QED) is 0.515. The molecule has 1 aromatic carbocycles. The number of rotatable bonds is 4. The van der Waals surface area contributed by atoms with E-state index >= 15 is 0 Å². The number of hydrogen-bond donors (Lipinski definition) is 1. The van der Waals surface area contributed by atoms with Crippen LogP contribution in [0.25, 0.3) is 0 Å². The van der Waals surface area contributed by atoms with Gasteiger partial charge >= 0.3 is 0 Å². The van der Waals surface area contributed by atoms with Crippen LogP contribution in [0.15, 0.2) is 23.8 Å². The van der Waals surface area contributed by atoms with E-state index in [4.69, 9.17) is 4.74 Å². The second-order valence-corrected chi connectivity index (χ2v) is 7.22. The summed E-state index contributed by atoms with van der Waals surface area (Å²) in [7, 11) is 0. The number of allylic oxidation sites excluding steroid dienone is 2. The Hall–Kier alpha value is -2.24. The Labute approximate surface area is 141 Å². The average Bonchev–Trinajstić information content (AvgIpc) is 2.45. The van der Waals surface area contributed by atoms with Crippen LogP contribution < -0.4 is 4.74 Å². The Morgan fingerprint density at radius 1 is 1.46 bits per heavy atom. The molecule has 1 N–H and O–H groups in total. The minimum Gasteiger partial charge on any atom is -0.507 e. The first-order valence-corrected chi connectivity index (χ1v) is 8.27. The van der Waals surface area contributed by atoms with Crippen LogP contribution >= 0.6 is 0 Å². The maximum Gasteiger partial charge on any atom is 0.294 e. The molecule has 0 amide bonds. The monoisotopic (exact) mass is 333 g/mol. The molecule has 1 aliphatic heterocycles. The summed E-state index contributed by atoms with van der Waals surface area (Å²) in [5.74, 6) is 1.33. The highest BCUT2D eigenvalue weighted by atomic mass is 16.9. The first-order chi connectivity index (χ1) is 11.3. The van der Waals surface area contributed by atoms with Gasteiger partial charge in [-0.25, -0.2) is 0 Å². The smallest absolute Gasteiger partial charge is 0.294 e. The van der Waals surface area contributed by atoms with Gasteiger partial charge in [0.25, 0.3) is 5.09 Å². The molecule has 1 heterocycles. The fourth-order valence-electron chi connectivity index (χ4n) is 3.96. The molecule has 1 aliphatic carbocycles. The van der Waals surface area contributed by atoms with Gasteiger partial charge in [0.2, 0.25) is 0 Å². The molecule has 0 aromatic heterocycles. The summed E-state index contributed by atoms with van der Waals surface area (Å²) < 4.78 is 6.21. The zero-order chi connectivity index (χ0) is 17.5. The van der Waals surface area contributed by atoms with Gasteiger partial charge in [-0.2, -0.15) is 0 Å². The lowest BCUT2D eigenvalue weighted by Crippen LogP contribution is -2.45. The summed E-state index contributed by atoms with van der Waals surface area (Å²) in [6.45, 7) is 6.25. The van der Waals surface area contributed by atoms with Crippen molar-refractivity contribution in [3.63, 3.8) is 0 Å². The predicted molar refractivity (Wildman–Crippen MR) is 88.7 cm³/mol. The topological polar surface area (TPSA) is 81.8 Å². The molecule has 0 bridgehead atoms. The second kappa shape index (κ2) is 6.00. The van der Waals surface area contributed by atoms with Gasteiger partial charge in [-0.15, -0.1) is 10.1 Å². The van der Waals surface area contributed by atoms with E-state index < -0.39 is 5.09 Å². The van der Waals surface area contributed by atoms with E-state index in [0.29, 0.717) is 18.1 Å². The van der Waals surface area contributed by atoms with Crippen LogP contribution in [0.4, 0.5) is 0 Å². The summed E-state index contributed by atoms with van der Waals surface area (Å²) in [5, 5.41) is 20.0. The molecule has 6 heteroatoms. The van der Waals surface area contributed by atoms with Crippen molar-refractivity contribution in [1.29, 1.82) is 0 Å². The molecule has 0 saturated carbocycles. The lowest BCUT2D eigenvalue weighted by atomic mass is 9.68. The number of phenolic OH excluding ortho intramolecular Hbond substituents is 1. The zero-order valence-electron chi connectivity index (χ0n) is 14.2. The fraction of sp³-hybridized carbons (Fsp3) is 0.556. The van der Waals surface area contributed by atoms with Crippen LogP contribution in [-0.2, 0) is 11.3 Å². The molecular formula is C18H23NO5. The average molecular weight is 333 g/mol. The van der Waals surface area contributed by atoms with Gasteiger partial charge in [0.05, 0.1) is 0 Å². The SMILES string of the molecule is CC1=C[C@H]2c3c(O)cc(CCO[N+](=O)[O-])cc3OC(C)(C)[C@@H]2CC1. The normalized spacial score (nSPS) is 24.2. The molecular weight excluding hydrogens is 310 g/mol. The van der Waals surface area contributed by atoms with Gasteiger partial charge in [-0.05, 0) is 57.7 Å². The van der Waals surface area contributed by atoms with Crippen LogP contribution in [0.1, 0.15) is 50.7 Å². The largest absolute Gasteiger partial charge is 0.507 e. The van der Waals surface area contributed by atoms with Crippen LogP contribution in [0.2, 0.25) is 0 Å². The first kappa shape index (κ1) is 16.6. The van der Waals surface area contributed by atoms with E-state index in [2.05, 4.69) is 31.7 Å². The second-order valence-electron chi connectivity index (χ2n) is 7.22. The number of nitrogens with zero attached hydrogens (tertiary/aromatic N) is 1. The Kier molecular flexibility index (Phi) is 4.15. The van der Waals surface area contributed by atoms with E-state index in [1.807, 2.05) is 6.07 Å². The minimum atomic E-state index is -0.807. The number of fused-ring (bicyclic) bond motifs is 3. The minimum absolute atomic E-state index is 0.0420. The van der Waals surface area contributed by atoms with Gasteiger partial charge in [-0.1, -0.05) is 11.6 Å². The Bertz CT molecular complexity index is 695. The standard InChI is InChI=1S/C18H23NO5/c1-11-4-5-14-13(8-11)17-15(20)9-12(6-7-23-19(21)22)10-16(17)24-18(14,2)3/h8-10,13-14,20H,4-7H2,1-3H3/t13-,14-/m1/s1. The number of hydrogen-bond acceptors (Lipinski definition) is 5. The molecule has 0 saturated heterocycles. The molecule has 24 heavy (non-hydrogen) atoms. The fourth-order valence-corrected chi connectivity index (χ4v) is 3.96. The van der Waals surface area contributed by atoms with E-state index in [-0.39, 0.29) is 23.9 Å². The molecule has 0 radical (unpaired) electrons. The van der Waals surface area contributed by atoms with Gasteiger partial charge in [0, 0.05) is 17.4 Å². The maximum atomic E-state index is 10.6. The third-order valence-corrected chi connectivity index (χ3v) is 5.11. The molecule has 0 fully saturated rings. The molecule has 130 valence electrons. The van der Waals surface area contributed by atoms with Crippen molar-refractivity contribution >= 4 is 0 Å². The zero-order valence-corrected chi connectivity index (χ0v) is 14.2. The van der Waals surface area contributed by atoms with Gasteiger partial charge in [-0.3, -0.25) is 0 Å². The van der Waals surface area contributed by atoms with Crippen molar-refractivity contribution in [3.8, 4) is 11.5 Å². The third-order valence-electron chi connectivity index (χ3n) is 5.11. The third kappa shape index (κ3) is 3.05. The highest BCUT2D eigenvalue weighted by molar-refractivity contribution is 5.54. The summed E-state index contributed by atoms with van der Waals surface area (Å²) >= 11 is 0. The first-order valence-electron chi connectivity index (χ1n) is 8.27. The Balaban J connectivity index is 1.95. The number of aromatic hydroxyl groups is 1. The van der Waals surface area contributed by atoms with Crippen molar-refractivity contribution in [2.24, 2.45) is 5.92 Å². The summed E-state index contributed by atoms with van der Waals surface area (Å²) in [6, 6.07) is 3.53. The van der Waals surface area contributed by atoms with Crippen molar-refractivity contribution in [1.82, 2.24) is 0 Å². The highest BCUT2D eigenvalue weighted by Crippen LogP contribution is 2.53. The molecule has 2 aliphatic rings. The van der Waals surface area contributed by atoms with Gasteiger partial charge in [0.15, 0.2) is 0 Å². The molecule has 2 atom stereocenters. The van der Waals surface area contributed by atoms with Crippen LogP contribution in [0.3, 0.4) is 0 Å². The number of ether oxygens (including phenoxy) is 1. The van der Waals surface area contributed by atoms with Gasteiger partial charge in [0.1, 0.15) is 23.7 Å². The lowest BCUT2D eigenvalue weighted by molar-refractivity contribution is -0.757. The van der Waals surface area contributed by atoms with E-state index in [1.165, 1.54) is 5.57 Å². The molecule has 6 nitrogen and oxygen atoms in total. The highest BCUT2D eigenvalue weighted by Gasteiger charge is 2.45. The summed E-state index contributed by atoms with van der Waals surface area (Å²) in [6.07, 6.45) is 4.68. The number of phenols is 1. The van der Waals surface area contributed by atoms with Crippen molar-refractivity contribution in [2.45, 2.75) is 51.6 Å². The molecule has 3 rings (SSSR count). The Morgan fingerprint density at radius 2 is 2.21 bits per heavy atom. The molecule has 1 aromatic rings. The summed E-state index contributed by atoms with van der Waals surface area (Å²) in [5.41, 5.74) is 2.61. The van der Waals surface area contributed by atoms with Crippen molar-refractivity contribution in [3.05, 3.63) is 45.0 Å². The Morgan fingerprint density at radius 3 is 2.92 bits per heavy atom. The van der Waals surface area contributed by atoms with Crippen LogP contribution in [0.5, 0.6) is 11.5 Å². The maximum absolute atomic E-state index is 10.6. The number of benzene rings is 1. The molecule has 0 unspecified atom stereocenters. The van der Waals surface area contributed by atoms with Crippen molar-refractivity contribution in [2.75, 3.05) is 6.61 Å². The predicted octanol–water partition coefficient (Wildman–Crippen LogP) is 3.75. The van der Waals surface area contributed by atoms with E-state index in [0.717, 1.165) is 24.0 Å². The lowest BCUT2D eigenvalue weighted by Gasteiger charge is -2.46. The van der Waals surface area contributed by atoms with Crippen molar-refractivity contribution < 1.29 is 19.8 Å². The molecule has 0 spiro atoms. The van der Waals surface area contributed by atoms with Crippen LogP contribution in [-0.4, -0.2) is 22.4 Å². The van der Waals surface area contributed by atoms with E-state index in [9.17, 15) is 15.2 Å². The van der Waals surface area contributed by atoms with Crippen LogP contribution in [0, 0.1) is 16.0 Å². The van der Waals surface area contributed by atoms with E-state index in [1.54, 1.807) is 6.07 Å². The summed E-state index contributed by atoms with van der Waals surface area (Å²) in [4.78, 5) is 14.6. The van der Waals surface area contributed by atoms with Gasteiger partial charge < -0.3 is 14.7 Å².